The summed E-state index contributed by atoms with van der Waals surface area (Å²) in [6.07, 6.45) is 6.16. The van der Waals surface area contributed by atoms with E-state index in [1.165, 1.54) is 38.8 Å². The molecule has 0 aromatic rings. The minimum Gasteiger partial charge on any atom is -0.377 e. The Morgan fingerprint density at radius 3 is 2.67 bits per heavy atom. The SMILES string of the molecule is COC1(C)CCCN(CC(C)CCCC(C)N)C1. The van der Waals surface area contributed by atoms with E-state index in [1.807, 2.05) is 7.11 Å². The van der Waals surface area contributed by atoms with E-state index in [9.17, 15) is 0 Å². The number of piperidine rings is 1. The van der Waals surface area contributed by atoms with Crippen molar-refractivity contribution in [2.24, 2.45) is 11.7 Å². The van der Waals surface area contributed by atoms with Gasteiger partial charge in [0, 0.05) is 26.2 Å². The molecule has 0 radical (unpaired) electrons. The number of likely N-dealkylation sites (tertiary alicyclic amines) is 1. The van der Waals surface area contributed by atoms with E-state index in [1.54, 1.807) is 0 Å². The van der Waals surface area contributed by atoms with E-state index in [0.29, 0.717) is 6.04 Å². The van der Waals surface area contributed by atoms with Gasteiger partial charge in [-0.3, -0.25) is 0 Å². The molecule has 3 nitrogen and oxygen atoms in total. The zero-order valence-corrected chi connectivity index (χ0v) is 12.7. The van der Waals surface area contributed by atoms with Crippen molar-refractivity contribution in [1.82, 2.24) is 4.90 Å². The molecule has 1 rings (SSSR count). The molecule has 1 fully saturated rings. The van der Waals surface area contributed by atoms with Crippen LogP contribution in [0.1, 0.15) is 52.9 Å². The lowest BCUT2D eigenvalue weighted by molar-refractivity contribution is -0.0534. The molecule has 18 heavy (non-hydrogen) atoms. The third kappa shape index (κ3) is 5.68. The highest BCUT2D eigenvalue weighted by molar-refractivity contribution is 4.85. The zero-order valence-electron chi connectivity index (χ0n) is 12.7. The predicted octanol–water partition coefficient (Wildman–Crippen LogP) is 2.64. The third-order valence-corrected chi connectivity index (χ3v) is 4.16. The molecule has 0 amide bonds. The molecule has 0 bridgehead atoms. The van der Waals surface area contributed by atoms with Crippen molar-refractivity contribution in [1.29, 1.82) is 0 Å². The summed E-state index contributed by atoms with van der Waals surface area (Å²) in [6.45, 7) is 10.2. The first-order valence-corrected chi connectivity index (χ1v) is 7.48. The van der Waals surface area contributed by atoms with Gasteiger partial charge in [0.1, 0.15) is 0 Å². The molecule has 3 atom stereocenters. The molecule has 1 aliphatic heterocycles. The van der Waals surface area contributed by atoms with Gasteiger partial charge in [0.05, 0.1) is 5.60 Å². The fourth-order valence-corrected chi connectivity index (χ4v) is 2.95. The Hall–Kier alpha value is -0.120. The number of rotatable bonds is 7. The van der Waals surface area contributed by atoms with Crippen molar-refractivity contribution in [3.63, 3.8) is 0 Å². The second-order valence-corrected chi connectivity index (χ2v) is 6.51. The highest BCUT2D eigenvalue weighted by Crippen LogP contribution is 2.25. The maximum Gasteiger partial charge on any atom is 0.0777 e. The van der Waals surface area contributed by atoms with Gasteiger partial charge >= 0.3 is 0 Å². The molecule has 0 spiro atoms. The van der Waals surface area contributed by atoms with Gasteiger partial charge in [0.2, 0.25) is 0 Å². The molecule has 0 saturated carbocycles. The van der Waals surface area contributed by atoms with Crippen LogP contribution in [0.2, 0.25) is 0 Å². The molecule has 0 aliphatic carbocycles. The Balaban J connectivity index is 2.24. The fraction of sp³-hybridized carbons (Fsp3) is 1.00. The van der Waals surface area contributed by atoms with E-state index in [-0.39, 0.29) is 5.60 Å². The van der Waals surface area contributed by atoms with Crippen LogP contribution in [0, 0.1) is 5.92 Å². The predicted molar refractivity (Wildman–Crippen MR) is 77.8 cm³/mol. The van der Waals surface area contributed by atoms with Crippen LogP contribution in [-0.4, -0.2) is 43.3 Å². The molecule has 1 aliphatic rings. The average Bonchev–Trinajstić information content (AvgIpc) is 2.28. The number of hydrogen-bond donors (Lipinski definition) is 1. The van der Waals surface area contributed by atoms with E-state index in [0.717, 1.165) is 18.9 Å². The Kier molecular flexibility index (Phi) is 6.61. The summed E-state index contributed by atoms with van der Waals surface area (Å²) in [5.74, 6) is 0.767. The smallest absolute Gasteiger partial charge is 0.0777 e. The summed E-state index contributed by atoms with van der Waals surface area (Å²) in [7, 11) is 1.84. The Morgan fingerprint density at radius 1 is 1.33 bits per heavy atom. The quantitative estimate of drug-likeness (QED) is 0.761. The molecule has 0 aromatic heterocycles. The van der Waals surface area contributed by atoms with Crippen LogP contribution in [-0.2, 0) is 4.74 Å². The first-order chi connectivity index (χ1) is 8.45. The lowest BCUT2D eigenvalue weighted by Crippen LogP contribution is -2.48. The van der Waals surface area contributed by atoms with E-state index in [4.69, 9.17) is 10.5 Å². The topological polar surface area (TPSA) is 38.5 Å². The molecule has 1 saturated heterocycles. The number of nitrogens with zero attached hydrogens (tertiary/aromatic N) is 1. The highest BCUT2D eigenvalue weighted by Gasteiger charge is 2.30. The second kappa shape index (κ2) is 7.46. The average molecular weight is 256 g/mol. The number of nitrogens with two attached hydrogens (primary N) is 1. The van der Waals surface area contributed by atoms with Crippen molar-refractivity contribution in [3.05, 3.63) is 0 Å². The maximum absolute atomic E-state index is 5.79. The van der Waals surface area contributed by atoms with Gasteiger partial charge in [-0.15, -0.1) is 0 Å². The second-order valence-electron chi connectivity index (χ2n) is 6.51. The van der Waals surface area contributed by atoms with Crippen molar-refractivity contribution in [2.45, 2.75) is 64.5 Å². The lowest BCUT2D eigenvalue weighted by atomic mass is 9.93. The van der Waals surface area contributed by atoms with Gasteiger partial charge in [0.25, 0.3) is 0 Å². The number of methoxy groups -OCH3 is 1. The van der Waals surface area contributed by atoms with Crippen molar-refractivity contribution in [3.8, 4) is 0 Å². The van der Waals surface area contributed by atoms with Crippen molar-refractivity contribution >= 4 is 0 Å². The Morgan fingerprint density at radius 2 is 2.06 bits per heavy atom. The molecule has 108 valence electrons. The largest absolute Gasteiger partial charge is 0.377 e. The number of hydrogen-bond acceptors (Lipinski definition) is 3. The Bertz CT molecular complexity index is 233. The van der Waals surface area contributed by atoms with Crippen molar-refractivity contribution in [2.75, 3.05) is 26.7 Å². The Labute approximate surface area is 113 Å². The van der Waals surface area contributed by atoms with Gasteiger partial charge in [-0.1, -0.05) is 13.3 Å². The minimum atomic E-state index is 0.0732. The van der Waals surface area contributed by atoms with Gasteiger partial charge in [0.15, 0.2) is 0 Å². The van der Waals surface area contributed by atoms with Gasteiger partial charge in [-0.25, -0.2) is 0 Å². The maximum atomic E-state index is 5.79. The van der Waals surface area contributed by atoms with E-state index in [2.05, 4.69) is 25.7 Å². The molecule has 2 N–H and O–H groups in total. The molecule has 3 heteroatoms. The number of ether oxygens (including phenoxy) is 1. The van der Waals surface area contributed by atoms with E-state index >= 15 is 0 Å². The summed E-state index contributed by atoms with van der Waals surface area (Å²) in [4.78, 5) is 2.57. The summed E-state index contributed by atoms with van der Waals surface area (Å²) < 4.78 is 5.64. The normalized spacial score (nSPS) is 29.2. The van der Waals surface area contributed by atoms with Crippen LogP contribution in [0.15, 0.2) is 0 Å². The van der Waals surface area contributed by atoms with E-state index < -0.39 is 0 Å². The third-order valence-electron chi connectivity index (χ3n) is 4.16. The summed E-state index contributed by atoms with van der Waals surface area (Å²) in [5, 5.41) is 0. The van der Waals surface area contributed by atoms with Crippen LogP contribution >= 0.6 is 0 Å². The molecular weight excluding hydrogens is 224 g/mol. The van der Waals surface area contributed by atoms with Gasteiger partial charge in [-0.2, -0.15) is 0 Å². The minimum absolute atomic E-state index is 0.0732. The van der Waals surface area contributed by atoms with Crippen LogP contribution in [0.4, 0.5) is 0 Å². The van der Waals surface area contributed by atoms with Crippen molar-refractivity contribution < 1.29 is 4.74 Å². The first-order valence-electron chi connectivity index (χ1n) is 7.48. The zero-order chi connectivity index (χ0) is 13.6. The van der Waals surface area contributed by atoms with Crippen LogP contribution in [0.5, 0.6) is 0 Å². The highest BCUT2D eigenvalue weighted by atomic mass is 16.5. The monoisotopic (exact) mass is 256 g/mol. The molecule has 0 aromatic carbocycles. The molecular formula is C15H32N2O. The van der Waals surface area contributed by atoms with Crippen LogP contribution in [0.3, 0.4) is 0 Å². The fourth-order valence-electron chi connectivity index (χ4n) is 2.95. The summed E-state index contributed by atoms with van der Waals surface area (Å²) >= 11 is 0. The van der Waals surface area contributed by atoms with Crippen LogP contribution < -0.4 is 5.73 Å². The molecule has 3 unspecified atom stereocenters. The van der Waals surface area contributed by atoms with Gasteiger partial charge in [-0.05, 0) is 52.0 Å². The van der Waals surface area contributed by atoms with Crippen LogP contribution in [0.25, 0.3) is 0 Å². The summed E-state index contributed by atoms with van der Waals surface area (Å²) in [5.41, 5.74) is 5.86. The standard InChI is InChI=1S/C15H32N2O/c1-13(7-5-8-14(2)16)11-17-10-6-9-15(3,12-17)18-4/h13-14H,5-12,16H2,1-4H3. The van der Waals surface area contributed by atoms with Gasteiger partial charge < -0.3 is 15.4 Å². The molecule has 1 heterocycles. The first kappa shape index (κ1) is 15.9. The lowest BCUT2D eigenvalue weighted by Gasteiger charge is -2.40. The summed E-state index contributed by atoms with van der Waals surface area (Å²) in [6, 6.07) is 0.351.